The second-order valence-corrected chi connectivity index (χ2v) is 2.22. The zero-order valence-electron chi connectivity index (χ0n) is 6.85. The van der Waals surface area contributed by atoms with Crippen molar-refractivity contribution in [2.24, 2.45) is 4.99 Å². The molecule has 0 aromatic carbocycles. The summed E-state index contributed by atoms with van der Waals surface area (Å²) in [6.45, 7) is 7.40. The molecule has 10 heavy (non-hydrogen) atoms. The molecule has 2 heteroatoms. The largest absolute Gasteiger partial charge is 0.315 e. The highest BCUT2D eigenvalue weighted by molar-refractivity contribution is 5.83. The second kappa shape index (κ2) is 6.49. The van der Waals surface area contributed by atoms with E-state index in [4.69, 9.17) is 0 Å². The van der Waals surface area contributed by atoms with Gasteiger partial charge in [-0.1, -0.05) is 6.08 Å². The van der Waals surface area contributed by atoms with Crippen LogP contribution >= 0.6 is 0 Å². The summed E-state index contributed by atoms with van der Waals surface area (Å²) < 4.78 is 0. The number of aliphatic imine (C=N–C) groups is 1. The number of rotatable bonds is 5. The van der Waals surface area contributed by atoms with E-state index in [0.717, 1.165) is 25.2 Å². The molecule has 0 saturated heterocycles. The van der Waals surface area contributed by atoms with Gasteiger partial charge in [0.05, 0.1) is 0 Å². The summed E-state index contributed by atoms with van der Waals surface area (Å²) in [5.41, 5.74) is 1.16. The molecule has 0 saturated carbocycles. The van der Waals surface area contributed by atoms with Crippen LogP contribution in [0.4, 0.5) is 0 Å². The van der Waals surface area contributed by atoms with Crippen molar-refractivity contribution in [3.63, 3.8) is 0 Å². The molecular formula is C8H16N2. The van der Waals surface area contributed by atoms with Gasteiger partial charge < -0.3 is 5.32 Å². The summed E-state index contributed by atoms with van der Waals surface area (Å²) >= 11 is 0. The molecule has 0 fully saturated rings. The molecule has 2 nitrogen and oxygen atoms in total. The fraction of sp³-hybridized carbons (Fsp3) is 0.625. The Labute approximate surface area is 63.0 Å². The van der Waals surface area contributed by atoms with Crippen LogP contribution in [0.25, 0.3) is 0 Å². The summed E-state index contributed by atoms with van der Waals surface area (Å²) in [5.74, 6) is 0. The van der Waals surface area contributed by atoms with Gasteiger partial charge in [-0.3, -0.25) is 4.99 Å². The fourth-order valence-corrected chi connectivity index (χ4v) is 0.658. The lowest BCUT2D eigenvalue weighted by Gasteiger charge is -1.96. The summed E-state index contributed by atoms with van der Waals surface area (Å²) in [7, 11) is 1.92. The number of hydrogen-bond acceptors (Lipinski definition) is 2. The molecular weight excluding hydrogens is 124 g/mol. The van der Waals surface area contributed by atoms with Crippen LogP contribution in [-0.2, 0) is 0 Å². The summed E-state index contributed by atoms with van der Waals surface area (Å²) in [6, 6.07) is 0. The first-order valence-electron chi connectivity index (χ1n) is 3.56. The van der Waals surface area contributed by atoms with E-state index in [0.29, 0.717) is 0 Å². The first kappa shape index (κ1) is 9.37. The normalized spacial score (nSPS) is 11.6. The van der Waals surface area contributed by atoms with Crippen molar-refractivity contribution < 1.29 is 0 Å². The molecule has 0 aliphatic carbocycles. The third-order valence-electron chi connectivity index (χ3n) is 1.15. The van der Waals surface area contributed by atoms with Crippen LogP contribution < -0.4 is 5.32 Å². The SMILES string of the molecule is C=CCC/N=C(/C)CNC. The van der Waals surface area contributed by atoms with Gasteiger partial charge in [-0.2, -0.15) is 0 Å². The van der Waals surface area contributed by atoms with E-state index in [1.165, 1.54) is 0 Å². The summed E-state index contributed by atoms with van der Waals surface area (Å²) in [5, 5.41) is 3.04. The molecule has 0 aromatic rings. The Bertz CT molecular complexity index is 116. The summed E-state index contributed by atoms with van der Waals surface area (Å²) in [4.78, 5) is 4.29. The first-order chi connectivity index (χ1) is 4.81. The average molecular weight is 140 g/mol. The van der Waals surface area contributed by atoms with Crippen LogP contribution in [0.2, 0.25) is 0 Å². The van der Waals surface area contributed by atoms with Crippen molar-refractivity contribution in [3.8, 4) is 0 Å². The molecule has 0 heterocycles. The number of nitrogens with one attached hydrogen (secondary N) is 1. The van der Waals surface area contributed by atoms with Crippen LogP contribution in [0.5, 0.6) is 0 Å². The minimum atomic E-state index is 0.872. The van der Waals surface area contributed by atoms with Crippen molar-refractivity contribution >= 4 is 5.71 Å². The Morgan fingerprint density at radius 1 is 1.70 bits per heavy atom. The highest BCUT2D eigenvalue weighted by atomic mass is 14.8. The Hall–Kier alpha value is -0.630. The molecule has 0 unspecified atom stereocenters. The maximum absolute atomic E-state index is 4.29. The maximum atomic E-state index is 4.29. The van der Waals surface area contributed by atoms with Crippen molar-refractivity contribution in [2.45, 2.75) is 13.3 Å². The number of hydrogen-bond donors (Lipinski definition) is 1. The first-order valence-corrected chi connectivity index (χ1v) is 3.56. The fourth-order valence-electron chi connectivity index (χ4n) is 0.658. The lowest BCUT2D eigenvalue weighted by Crippen LogP contribution is -2.15. The standard InChI is InChI=1S/C8H16N2/c1-4-5-6-10-8(2)7-9-3/h4,9H,1,5-7H2,2-3H3/b10-8-. The molecule has 0 aliphatic rings. The molecule has 1 N–H and O–H groups in total. The Morgan fingerprint density at radius 3 is 2.90 bits per heavy atom. The monoisotopic (exact) mass is 140 g/mol. The topological polar surface area (TPSA) is 24.4 Å². The molecule has 0 spiro atoms. The molecule has 0 bridgehead atoms. The van der Waals surface area contributed by atoms with E-state index in [-0.39, 0.29) is 0 Å². The van der Waals surface area contributed by atoms with Gasteiger partial charge >= 0.3 is 0 Å². The molecule has 58 valence electrons. The maximum Gasteiger partial charge on any atom is 0.0423 e. The quantitative estimate of drug-likeness (QED) is 0.347. The van der Waals surface area contributed by atoms with E-state index in [2.05, 4.69) is 16.9 Å². The van der Waals surface area contributed by atoms with E-state index >= 15 is 0 Å². The highest BCUT2D eigenvalue weighted by Gasteiger charge is 1.85. The van der Waals surface area contributed by atoms with Crippen LogP contribution in [0.1, 0.15) is 13.3 Å². The van der Waals surface area contributed by atoms with Crippen molar-refractivity contribution in [2.75, 3.05) is 20.1 Å². The Morgan fingerprint density at radius 2 is 2.40 bits per heavy atom. The summed E-state index contributed by atoms with van der Waals surface area (Å²) in [6.07, 6.45) is 2.86. The van der Waals surface area contributed by atoms with E-state index in [1.54, 1.807) is 0 Å². The third-order valence-corrected chi connectivity index (χ3v) is 1.15. The van der Waals surface area contributed by atoms with Gasteiger partial charge in [0.1, 0.15) is 0 Å². The Kier molecular flexibility index (Phi) is 6.08. The lowest BCUT2D eigenvalue weighted by atomic mass is 10.4. The molecule has 0 radical (unpaired) electrons. The van der Waals surface area contributed by atoms with Gasteiger partial charge in [-0.25, -0.2) is 0 Å². The van der Waals surface area contributed by atoms with Gasteiger partial charge in [0.25, 0.3) is 0 Å². The molecule has 0 aliphatic heterocycles. The van der Waals surface area contributed by atoms with Gasteiger partial charge in [-0.05, 0) is 20.4 Å². The average Bonchev–Trinajstić information content (AvgIpc) is 1.89. The van der Waals surface area contributed by atoms with Crippen LogP contribution in [0, 0.1) is 0 Å². The van der Waals surface area contributed by atoms with Crippen LogP contribution in [0.3, 0.4) is 0 Å². The third kappa shape index (κ3) is 5.51. The van der Waals surface area contributed by atoms with E-state index < -0.39 is 0 Å². The van der Waals surface area contributed by atoms with Crippen molar-refractivity contribution in [1.29, 1.82) is 0 Å². The smallest absolute Gasteiger partial charge is 0.0423 e. The Balaban J connectivity index is 3.36. The molecule has 0 atom stereocenters. The molecule has 0 rings (SSSR count). The lowest BCUT2D eigenvalue weighted by molar-refractivity contribution is 0.922. The predicted molar refractivity (Wildman–Crippen MR) is 46.7 cm³/mol. The van der Waals surface area contributed by atoms with E-state index in [9.17, 15) is 0 Å². The van der Waals surface area contributed by atoms with E-state index in [1.807, 2.05) is 20.0 Å². The van der Waals surface area contributed by atoms with Crippen molar-refractivity contribution in [3.05, 3.63) is 12.7 Å². The van der Waals surface area contributed by atoms with Gasteiger partial charge in [0.15, 0.2) is 0 Å². The van der Waals surface area contributed by atoms with Crippen LogP contribution in [-0.4, -0.2) is 25.8 Å². The minimum absolute atomic E-state index is 0.872. The van der Waals surface area contributed by atoms with Gasteiger partial charge in [0, 0.05) is 18.8 Å². The highest BCUT2D eigenvalue weighted by Crippen LogP contribution is 1.82. The van der Waals surface area contributed by atoms with Crippen molar-refractivity contribution in [1.82, 2.24) is 5.32 Å². The minimum Gasteiger partial charge on any atom is -0.315 e. The number of nitrogens with zero attached hydrogens (tertiary/aromatic N) is 1. The molecule has 0 aromatic heterocycles. The second-order valence-electron chi connectivity index (χ2n) is 2.22. The predicted octanol–water partition coefficient (Wildman–Crippen LogP) is 1.24. The zero-order valence-corrected chi connectivity index (χ0v) is 6.85. The zero-order chi connectivity index (χ0) is 7.82. The van der Waals surface area contributed by atoms with Gasteiger partial charge in [-0.15, -0.1) is 6.58 Å². The van der Waals surface area contributed by atoms with Gasteiger partial charge in [0.2, 0.25) is 0 Å². The molecule has 0 amide bonds. The van der Waals surface area contributed by atoms with Crippen LogP contribution in [0.15, 0.2) is 17.6 Å².